The van der Waals surface area contributed by atoms with E-state index < -0.39 is 19.7 Å². The molecule has 0 saturated carbocycles. The molecule has 0 radical (unpaired) electrons. The molecule has 1 heterocycles. The summed E-state index contributed by atoms with van der Waals surface area (Å²) in [7, 11) is -7.09. The van der Waals surface area contributed by atoms with E-state index in [0.29, 0.717) is 18.8 Å². The molecule has 1 aliphatic rings. The highest BCUT2D eigenvalue weighted by atomic mass is 32.2. The zero-order valence-corrected chi connectivity index (χ0v) is 17.6. The van der Waals surface area contributed by atoms with Crippen LogP contribution < -0.4 is 5.32 Å². The Morgan fingerprint density at radius 2 is 1.71 bits per heavy atom. The average Bonchev–Trinajstić information content (AvgIpc) is 2.65. The van der Waals surface area contributed by atoms with E-state index in [9.17, 15) is 16.8 Å². The fraction of sp³-hybridized carbons (Fsp3) is 0.400. The van der Waals surface area contributed by atoms with Gasteiger partial charge < -0.3 is 10.1 Å². The zero-order chi connectivity index (χ0) is 20.4. The van der Waals surface area contributed by atoms with E-state index in [1.54, 1.807) is 0 Å². The number of sulfone groups is 2. The first-order valence-electron chi connectivity index (χ1n) is 9.11. The Morgan fingerprint density at radius 1 is 1.00 bits per heavy atom. The van der Waals surface area contributed by atoms with Gasteiger partial charge in [-0.3, -0.25) is 0 Å². The summed E-state index contributed by atoms with van der Waals surface area (Å²) in [6.07, 6.45) is 3.99. The number of nitrogens with one attached hydrogen (secondary N) is 1. The van der Waals surface area contributed by atoms with Crippen LogP contribution in [0.1, 0.15) is 24.5 Å². The minimum atomic E-state index is -3.59. The predicted molar refractivity (Wildman–Crippen MR) is 109 cm³/mol. The maximum atomic E-state index is 12.2. The third-order valence-corrected chi connectivity index (χ3v) is 7.16. The van der Waals surface area contributed by atoms with E-state index >= 15 is 0 Å². The summed E-state index contributed by atoms with van der Waals surface area (Å²) in [6, 6.07) is 14.2. The molecule has 28 heavy (non-hydrogen) atoms. The lowest BCUT2D eigenvalue weighted by atomic mass is 9.89. The van der Waals surface area contributed by atoms with Crippen molar-refractivity contribution in [2.45, 2.75) is 28.7 Å². The molecular formula is C20H25NO5S2. The molecule has 1 aliphatic heterocycles. The highest BCUT2D eigenvalue weighted by Gasteiger charge is 2.28. The number of ether oxygens (including phenoxy) is 1. The van der Waals surface area contributed by atoms with Crippen molar-refractivity contribution in [1.82, 2.24) is 0 Å². The van der Waals surface area contributed by atoms with Crippen molar-refractivity contribution in [2.24, 2.45) is 5.92 Å². The Hall–Kier alpha value is -1.90. The monoisotopic (exact) mass is 423 g/mol. The fourth-order valence-corrected chi connectivity index (χ4v) is 5.09. The Kier molecular flexibility index (Phi) is 6.12. The largest absolute Gasteiger partial charge is 0.384 e. The lowest BCUT2D eigenvalue weighted by Crippen LogP contribution is -2.28. The van der Waals surface area contributed by atoms with Crippen LogP contribution in [0.2, 0.25) is 0 Å². The van der Waals surface area contributed by atoms with Gasteiger partial charge in [-0.25, -0.2) is 16.8 Å². The summed E-state index contributed by atoms with van der Waals surface area (Å²) >= 11 is 0. The molecule has 0 aromatic heterocycles. The Morgan fingerprint density at radius 3 is 2.36 bits per heavy atom. The van der Waals surface area contributed by atoms with E-state index in [1.165, 1.54) is 18.2 Å². The van der Waals surface area contributed by atoms with Gasteiger partial charge in [0.05, 0.1) is 21.6 Å². The first-order valence-corrected chi connectivity index (χ1v) is 12.9. The maximum absolute atomic E-state index is 12.2. The van der Waals surface area contributed by atoms with Crippen LogP contribution in [-0.4, -0.2) is 42.5 Å². The third-order valence-electron chi connectivity index (χ3n) is 4.91. The van der Waals surface area contributed by atoms with Crippen LogP contribution in [0, 0.1) is 5.92 Å². The quantitative estimate of drug-likeness (QED) is 0.768. The number of hydrogen-bond donors (Lipinski definition) is 1. The van der Waals surface area contributed by atoms with Crippen LogP contribution >= 0.6 is 0 Å². The van der Waals surface area contributed by atoms with Crippen LogP contribution in [0.15, 0.2) is 58.3 Å². The Labute approximate surface area is 166 Å². The van der Waals surface area contributed by atoms with Crippen molar-refractivity contribution < 1.29 is 21.6 Å². The first-order chi connectivity index (χ1) is 13.2. The van der Waals surface area contributed by atoms with Crippen LogP contribution in [-0.2, 0) is 24.4 Å². The van der Waals surface area contributed by atoms with E-state index in [1.807, 2.05) is 30.3 Å². The molecule has 2 atom stereocenters. The molecule has 3 rings (SSSR count). The molecular weight excluding hydrogens is 398 g/mol. The number of benzene rings is 2. The smallest absolute Gasteiger partial charge is 0.177 e. The van der Waals surface area contributed by atoms with Gasteiger partial charge in [0.25, 0.3) is 0 Å². The second kappa shape index (κ2) is 8.23. The van der Waals surface area contributed by atoms with Crippen LogP contribution in [0.4, 0.5) is 5.69 Å². The predicted octanol–water partition coefficient (Wildman–Crippen LogP) is 3.07. The fourth-order valence-electron chi connectivity index (χ4n) is 3.49. The summed E-state index contributed by atoms with van der Waals surface area (Å²) < 4.78 is 54.0. The van der Waals surface area contributed by atoms with Crippen molar-refractivity contribution in [3.8, 4) is 0 Å². The van der Waals surface area contributed by atoms with Crippen molar-refractivity contribution in [2.75, 3.05) is 31.0 Å². The third kappa shape index (κ3) is 4.92. The van der Waals surface area contributed by atoms with Crippen molar-refractivity contribution in [1.29, 1.82) is 0 Å². The summed E-state index contributed by atoms with van der Waals surface area (Å²) in [5.41, 5.74) is 1.51. The highest BCUT2D eigenvalue weighted by Crippen LogP contribution is 2.34. The van der Waals surface area contributed by atoms with Crippen LogP contribution in [0.3, 0.4) is 0 Å². The Bertz CT molecular complexity index is 1030. The van der Waals surface area contributed by atoms with E-state index in [-0.39, 0.29) is 21.8 Å². The summed E-state index contributed by atoms with van der Waals surface area (Å²) in [4.78, 5) is -0.0231. The standard InChI is InChI=1S/C20H25NO5S2/c1-27(22,23)17-10-11-18(19(13-17)28(2,24)25)21-14-16-9-6-12-26-20(16)15-7-4-3-5-8-15/h3-5,7-8,10-11,13,16,20-21H,6,9,12,14H2,1-2H3/t16-,20+/m0/s1. The van der Waals surface area contributed by atoms with E-state index in [2.05, 4.69) is 5.32 Å². The molecule has 6 nitrogen and oxygen atoms in total. The molecule has 1 fully saturated rings. The topological polar surface area (TPSA) is 89.5 Å². The van der Waals surface area contributed by atoms with Gasteiger partial charge in [-0.2, -0.15) is 0 Å². The first kappa shape index (κ1) is 20.8. The molecule has 0 unspecified atom stereocenters. The molecule has 1 N–H and O–H groups in total. The van der Waals surface area contributed by atoms with Crippen molar-refractivity contribution >= 4 is 25.4 Å². The van der Waals surface area contributed by atoms with Gasteiger partial charge in [-0.15, -0.1) is 0 Å². The van der Waals surface area contributed by atoms with E-state index in [0.717, 1.165) is 30.9 Å². The highest BCUT2D eigenvalue weighted by molar-refractivity contribution is 7.91. The molecule has 152 valence electrons. The SMILES string of the molecule is CS(=O)(=O)c1ccc(NC[C@@H]2CCCO[C@@H]2c2ccccc2)c(S(C)(=O)=O)c1. The number of anilines is 1. The molecule has 8 heteroatoms. The van der Waals surface area contributed by atoms with Crippen LogP contribution in [0.25, 0.3) is 0 Å². The molecule has 0 aliphatic carbocycles. The second-order valence-corrected chi connectivity index (χ2v) is 11.2. The minimum Gasteiger partial charge on any atom is -0.384 e. The molecule has 1 saturated heterocycles. The summed E-state index contributed by atoms with van der Waals surface area (Å²) in [6.45, 7) is 1.23. The summed E-state index contributed by atoms with van der Waals surface area (Å²) in [5, 5.41) is 3.21. The van der Waals surface area contributed by atoms with Gasteiger partial charge in [0.15, 0.2) is 19.7 Å². The maximum Gasteiger partial charge on any atom is 0.177 e. The average molecular weight is 424 g/mol. The zero-order valence-electron chi connectivity index (χ0n) is 16.0. The lowest BCUT2D eigenvalue weighted by Gasteiger charge is -2.32. The molecule has 2 aromatic carbocycles. The van der Waals surface area contributed by atoms with Gasteiger partial charge in [0.1, 0.15) is 0 Å². The van der Waals surface area contributed by atoms with Gasteiger partial charge >= 0.3 is 0 Å². The number of rotatable bonds is 6. The molecule has 2 aromatic rings. The van der Waals surface area contributed by atoms with Gasteiger partial charge in [-0.05, 0) is 36.6 Å². The summed E-state index contributed by atoms with van der Waals surface area (Å²) in [5.74, 6) is 0.179. The molecule has 0 amide bonds. The minimum absolute atomic E-state index is 0.0107. The normalized spacial score (nSPS) is 20.6. The molecule has 0 spiro atoms. The van der Waals surface area contributed by atoms with Gasteiger partial charge in [0, 0.05) is 31.6 Å². The lowest BCUT2D eigenvalue weighted by molar-refractivity contribution is -0.0238. The molecule has 0 bridgehead atoms. The Balaban J connectivity index is 1.85. The van der Waals surface area contributed by atoms with Crippen molar-refractivity contribution in [3.05, 3.63) is 54.1 Å². The number of hydrogen-bond acceptors (Lipinski definition) is 6. The van der Waals surface area contributed by atoms with Crippen molar-refractivity contribution in [3.63, 3.8) is 0 Å². The second-order valence-electron chi connectivity index (χ2n) is 7.19. The van der Waals surface area contributed by atoms with E-state index in [4.69, 9.17) is 4.74 Å². The van der Waals surface area contributed by atoms with Crippen LogP contribution in [0.5, 0.6) is 0 Å². The van der Waals surface area contributed by atoms with Gasteiger partial charge in [0.2, 0.25) is 0 Å². The van der Waals surface area contributed by atoms with Gasteiger partial charge in [-0.1, -0.05) is 30.3 Å².